The van der Waals surface area contributed by atoms with Crippen LogP contribution in [0, 0.1) is 5.92 Å². The van der Waals surface area contributed by atoms with Crippen LogP contribution in [-0.2, 0) is 9.84 Å². The number of carbonyl (C=O) groups excluding carboxylic acids is 1. The molecule has 110 valence electrons. The van der Waals surface area contributed by atoms with Crippen molar-refractivity contribution in [1.82, 2.24) is 4.90 Å². The van der Waals surface area contributed by atoms with Crippen LogP contribution < -0.4 is 0 Å². The number of hydrogen-bond acceptors (Lipinski definition) is 3. The minimum absolute atomic E-state index is 0.0397. The van der Waals surface area contributed by atoms with Gasteiger partial charge in [-0.15, -0.1) is 11.6 Å². The zero-order chi connectivity index (χ0) is 14.8. The monoisotopic (exact) mass is 315 g/mol. The van der Waals surface area contributed by atoms with Gasteiger partial charge in [-0.2, -0.15) is 0 Å². The molecule has 0 aliphatic carbocycles. The van der Waals surface area contributed by atoms with Gasteiger partial charge >= 0.3 is 0 Å². The van der Waals surface area contributed by atoms with Crippen LogP contribution >= 0.6 is 11.6 Å². The van der Waals surface area contributed by atoms with Crippen LogP contribution in [0.3, 0.4) is 0 Å². The molecule has 1 unspecified atom stereocenters. The molecule has 20 heavy (non-hydrogen) atoms. The highest BCUT2D eigenvalue weighted by atomic mass is 35.5. The van der Waals surface area contributed by atoms with Crippen molar-refractivity contribution in [2.45, 2.75) is 17.7 Å². The van der Waals surface area contributed by atoms with Gasteiger partial charge < -0.3 is 4.90 Å². The number of sulfone groups is 1. The Morgan fingerprint density at radius 3 is 2.55 bits per heavy atom. The quantitative estimate of drug-likeness (QED) is 0.800. The zero-order valence-corrected chi connectivity index (χ0v) is 13.0. The maximum atomic E-state index is 12.3. The molecule has 0 spiro atoms. The van der Waals surface area contributed by atoms with E-state index in [4.69, 9.17) is 11.6 Å². The van der Waals surface area contributed by atoms with Crippen LogP contribution in [0.25, 0.3) is 0 Å². The molecule has 1 aliphatic heterocycles. The van der Waals surface area contributed by atoms with Crippen molar-refractivity contribution in [3.05, 3.63) is 29.8 Å². The Balaban J connectivity index is 2.07. The minimum atomic E-state index is -3.22. The van der Waals surface area contributed by atoms with Crippen LogP contribution in [0.5, 0.6) is 0 Å². The lowest BCUT2D eigenvalue weighted by atomic mass is 10.1. The van der Waals surface area contributed by atoms with Crippen molar-refractivity contribution in [1.29, 1.82) is 0 Å². The largest absolute Gasteiger partial charge is 0.338 e. The highest BCUT2D eigenvalue weighted by Crippen LogP contribution is 2.22. The third kappa shape index (κ3) is 3.52. The van der Waals surface area contributed by atoms with Crippen molar-refractivity contribution < 1.29 is 13.2 Å². The van der Waals surface area contributed by atoms with E-state index in [-0.39, 0.29) is 10.8 Å². The fourth-order valence-corrected chi connectivity index (χ4v) is 3.37. The van der Waals surface area contributed by atoms with E-state index in [1.54, 1.807) is 12.1 Å². The average Bonchev–Trinajstić information content (AvgIpc) is 2.86. The van der Waals surface area contributed by atoms with Gasteiger partial charge in [0.1, 0.15) is 0 Å². The van der Waals surface area contributed by atoms with E-state index in [2.05, 4.69) is 0 Å². The Bertz CT molecular complexity index is 583. The summed E-state index contributed by atoms with van der Waals surface area (Å²) in [5.74, 6) is 1.06. The molecular formula is C14H18ClNO3S. The molecule has 1 heterocycles. The standard InChI is InChI=1S/C14H18ClNO3S/c1-20(18,19)13-4-2-12(3-5-13)14(17)16-9-7-11(10-16)6-8-15/h2-5,11H,6-10H2,1H3. The summed E-state index contributed by atoms with van der Waals surface area (Å²) in [6, 6.07) is 6.12. The van der Waals surface area contributed by atoms with Gasteiger partial charge in [-0.25, -0.2) is 8.42 Å². The number of carbonyl (C=O) groups is 1. The van der Waals surface area contributed by atoms with Crippen molar-refractivity contribution >= 4 is 27.3 Å². The maximum Gasteiger partial charge on any atom is 0.253 e. The molecule has 0 bridgehead atoms. The first-order valence-corrected chi connectivity index (χ1v) is 9.00. The fraction of sp³-hybridized carbons (Fsp3) is 0.500. The van der Waals surface area contributed by atoms with E-state index >= 15 is 0 Å². The molecule has 0 saturated carbocycles. The second-order valence-electron chi connectivity index (χ2n) is 5.18. The highest BCUT2D eigenvalue weighted by molar-refractivity contribution is 7.90. The summed E-state index contributed by atoms with van der Waals surface area (Å²) in [5, 5.41) is 0. The second-order valence-corrected chi connectivity index (χ2v) is 7.57. The molecule has 1 saturated heterocycles. The number of amides is 1. The lowest BCUT2D eigenvalue weighted by molar-refractivity contribution is 0.0787. The molecule has 1 fully saturated rings. The molecular weight excluding hydrogens is 298 g/mol. The first-order valence-electron chi connectivity index (χ1n) is 6.57. The van der Waals surface area contributed by atoms with Gasteiger partial charge in [0.15, 0.2) is 9.84 Å². The lowest BCUT2D eigenvalue weighted by Gasteiger charge is -2.16. The molecule has 1 aliphatic rings. The summed E-state index contributed by atoms with van der Waals surface area (Å²) in [6.45, 7) is 1.48. The van der Waals surface area contributed by atoms with Gasteiger partial charge in [-0.05, 0) is 43.0 Å². The molecule has 6 heteroatoms. The summed E-state index contributed by atoms with van der Waals surface area (Å²) in [6.07, 6.45) is 3.07. The summed E-state index contributed by atoms with van der Waals surface area (Å²) < 4.78 is 22.8. The number of halogens is 1. The van der Waals surface area contributed by atoms with E-state index in [9.17, 15) is 13.2 Å². The Hall–Kier alpha value is -1.07. The molecule has 0 aromatic heterocycles. The number of rotatable bonds is 4. The summed E-state index contributed by atoms with van der Waals surface area (Å²) in [4.78, 5) is 14.3. The smallest absolute Gasteiger partial charge is 0.253 e. The molecule has 1 amide bonds. The third-order valence-corrected chi connectivity index (χ3v) is 4.97. The first kappa shape index (κ1) is 15.3. The molecule has 1 atom stereocenters. The number of benzene rings is 1. The molecule has 0 radical (unpaired) electrons. The maximum absolute atomic E-state index is 12.3. The van der Waals surface area contributed by atoms with Gasteiger partial charge in [0.05, 0.1) is 4.90 Å². The number of nitrogens with zero attached hydrogens (tertiary/aromatic N) is 1. The molecule has 0 N–H and O–H groups in total. The summed E-state index contributed by atoms with van der Waals surface area (Å²) >= 11 is 5.73. The molecule has 1 aromatic rings. The Morgan fingerprint density at radius 2 is 2.00 bits per heavy atom. The van der Waals surface area contributed by atoms with E-state index in [0.717, 1.165) is 32.2 Å². The van der Waals surface area contributed by atoms with Crippen molar-refractivity contribution in [2.24, 2.45) is 5.92 Å². The predicted molar refractivity (Wildman–Crippen MR) is 78.9 cm³/mol. The zero-order valence-electron chi connectivity index (χ0n) is 11.4. The van der Waals surface area contributed by atoms with Crippen LogP contribution in [0.2, 0.25) is 0 Å². The average molecular weight is 316 g/mol. The van der Waals surface area contributed by atoms with E-state index in [0.29, 0.717) is 17.4 Å². The normalized spacial score (nSPS) is 19.3. The van der Waals surface area contributed by atoms with Crippen LogP contribution in [0.1, 0.15) is 23.2 Å². The molecule has 4 nitrogen and oxygen atoms in total. The van der Waals surface area contributed by atoms with Crippen LogP contribution in [-0.4, -0.2) is 44.5 Å². The number of alkyl halides is 1. The SMILES string of the molecule is CS(=O)(=O)c1ccc(C(=O)N2CCC(CCCl)C2)cc1. The van der Waals surface area contributed by atoms with Crippen molar-refractivity contribution in [3.63, 3.8) is 0 Å². The first-order chi connectivity index (χ1) is 9.41. The van der Waals surface area contributed by atoms with Gasteiger partial charge in [0.2, 0.25) is 0 Å². The number of likely N-dealkylation sites (tertiary alicyclic amines) is 1. The number of hydrogen-bond donors (Lipinski definition) is 0. The summed E-state index contributed by atoms with van der Waals surface area (Å²) in [5.41, 5.74) is 0.531. The second kappa shape index (κ2) is 6.14. The molecule has 2 rings (SSSR count). The Morgan fingerprint density at radius 1 is 1.35 bits per heavy atom. The Labute approximate surface area is 124 Å². The Kier molecular flexibility index (Phi) is 4.70. The lowest BCUT2D eigenvalue weighted by Crippen LogP contribution is -2.28. The highest BCUT2D eigenvalue weighted by Gasteiger charge is 2.26. The molecule has 1 aromatic carbocycles. The van der Waals surface area contributed by atoms with Gasteiger partial charge in [0, 0.05) is 30.8 Å². The van der Waals surface area contributed by atoms with Gasteiger partial charge in [-0.1, -0.05) is 0 Å². The van der Waals surface area contributed by atoms with Crippen molar-refractivity contribution in [3.8, 4) is 0 Å². The predicted octanol–water partition coefficient (Wildman–Crippen LogP) is 2.18. The van der Waals surface area contributed by atoms with E-state index in [1.165, 1.54) is 12.1 Å². The topological polar surface area (TPSA) is 54.5 Å². The minimum Gasteiger partial charge on any atom is -0.338 e. The van der Waals surface area contributed by atoms with E-state index in [1.807, 2.05) is 4.90 Å². The van der Waals surface area contributed by atoms with Gasteiger partial charge in [0.25, 0.3) is 5.91 Å². The van der Waals surface area contributed by atoms with Crippen molar-refractivity contribution in [2.75, 3.05) is 25.2 Å². The van der Waals surface area contributed by atoms with Gasteiger partial charge in [-0.3, -0.25) is 4.79 Å². The fourth-order valence-electron chi connectivity index (χ4n) is 2.43. The van der Waals surface area contributed by atoms with E-state index < -0.39 is 9.84 Å². The third-order valence-electron chi connectivity index (χ3n) is 3.62. The summed E-state index contributed by atoms with van der Waals surface area (Å²) in [7, 11) is -3.22. The van der Waals surface area contributed by atoms with Crippen LogP contribution in [0.4, 0.5) is 0 Å². The van der Waals surface area contributed by atoms with Crippen LogP contribution in [0.15, 0.2) is 29.2 Å².